The molecule has 1 amide bonds. The monoisotopic (exact) mass is 337 g/mol. The van der Waals surface area contributed by atoms with Crippen molar-refractivity contribution in [2.24, 2.45) is 0 Å². The molecule has 120 valence electrons. The van der Waals surface area contributed by atoms with Gasteiger partial charge in [0.1, 0.15) is 0 Å². The Balaban J connectivity index is 2.26. The van der Waals surface area contributed by atoms with Gasteiger partial charge in [-0.2, -0.15) is 13.2 Å². The van der Waals surface area contributed by atoms with Crippen LogP contribution in [0.25, 0.3) is 0 Å². The lowest BCUT2D eigenvalue weighted by Crippen LogP contribution is -2.48. The van der Waals surface area contributed by atoms with Gasteiger partial charge in [-0.15, -0.1) is 0 Å². The Morgan fingerprint density at radius 2 is 2.00 bits per heavy atom. The fourth-order valence-corrected chi connectivity index (χ4v) is 2.28. The molecule has 1 N–H and O–H groups in total. The summed E-state index contributed by atoms with van der Waals surface area (Å²) in [4.78, 5) is 24.2. The molecule has 0 bridgehead atoms. The molecule has 22 heavy (non-hydrogen) atoms. The molecule has 1 unspecified atom stereocenters. The smallest absolute Gasteiger partial charge is 0.416 e. The SMILES string of the molecule is O=C(O)C1CN(C(=O)c2cc(Cl)cc(C(F)(F)F)c2)CCO1. The van der Waals surface area contributed by atoms with Crippen molar-refractivity contribution in [2.75, 3.05) is 19.7 Å². The predicted octanol–water partition coefficient (Wildman–Crippen LogP) is 2.28. The van der Waals surface area contributed by atoms with Crippen LogP contribution in [0.15, 0.2) is 18.2 Å². The van der Waals surface area contributed by atoms with E-state index in [2.05, 4.69) is 0 Å². The summed E-state index contributed by atoms with van der Waals surface area (Å²) in [5.41, 5.74) is -1.28. The molecule has 0 saturated carbocycles. The van der Waals surface area contributed by atoms with Crippen molar-refractivity contribution in [3.8, 4) is 0 Å². The molecular formula is C13H11ClF3NO4. The number of benzene rings is 1. The zero-order valence-electron chi connectivity index (χ0n) is 11.1. The molecule has 5 nitrogen and oxygen atoms in total. The van der Waals surface area contributed by atoms with Crippen molar-refractivity contribution in [3.63, 3.8) is 0 Å². The number of carboxylic acid groups (broad SMARTS) is 1. The number of carbonyl (C=O) groups is 2. The highest BCUT2D eigenvalue weighted by molar-refractivity contribution is 6.31. The maximum absolute atomic E-state index is 12.7. The summed E-state index contributed by atoms with van der Waals surface area (Å²) < 4.78 is 43.2. The van der Waals surface area contributed by atoms with Gasteiger partial charge in [0.25, 0.3) is 5.91 Å². The number of carboxylic acids is 1. The van der Waals surface area contributed by atoms with E-state index in [1.54, 1.807) is 0 Å². The molecule has 1 aromatic carbocycles. The summed E-state index contributed by atoms with van der Waals surface area (Å²) in [5, 5.41) is 8.65. The second-order valence-electron chi connectivity index (χ2n) is 4.68. The van der Waals surface area contributed by atoms with Gasteiger partial charge < -0.3 is 14.7 Å². The minimum atomic E-state index is -4.63. The number of alkyl halides is 3. The molecule has 1 aliphatic rings. The quantitative estimate of drug-likeness (QED) is 0.899. The van der Waals surface area contributed by atoms with Crippen LogP contribution in [0.2, 0.25) is 5.02 Å². The third kappa shape index (κ3) is 3.69. The first kappa shape index (κ1) is 16.6. The Hall–Kier alpha value is -1.80. The van der Waals surface area contributed by atoms with Crippen LogP contribution in [-0.2, 0) is 15.7 Å². The van der Waals surface area contributed by atoms with E-state index in [0.717, 1.165) is 17.0 Å². The second-order valence-corrected chi connectivity index (χ2v) is 5.11. The Bertz CT molecular complexity index is 605. The topological polar surface area (TPSA) is 66.8 Å². The summed E-state index contributed by atoms with van der Waals surface area (Å²) in [6.45, 7) is -0.145. The van der Waals surface area contributed by atoms with Crippen LogP contribution >= 0.6 is 11.6 Å². The summed E-state index contributed by atoms with van der Waals surface area (Å²) >= 11 is 5.63. The number of aliphatic carboxylic acids is 1. The van der Waals surface area contributed by atoms with Crippen LogP contribution in [0.3, 0.4) is 0 Å². The number of ether oxygens (including phenoxy) is 1. The minimum absolute atomic E-state index is 0.00456. The van der Waals surface area contributed by atoms with Crippen LogP contribution in [0.1, 0.15) is 15.9 Å². The highest BCUT2D eigenvalue weighted by atomic mass is 35.5. The van der Waals surface area contributed by atoms with E-state index in [4.69, 9.17) is 21.4 Å². The number of carbonyl (C=O) groups excluding carboxylic acids is 1. The molecule has 0 aliphatic carbocycles. The van der Waals surface area contributed by atoms with Crippen LogP contribution in [0, 0.1) is 0 Å². The molecule has 1 aliphatic heterocycles. The largest absolute Gasteiger partial charge is 0.479 e. The number of morpholine rings is 1. The van der Waals surface area contributed by atoms with Gasteiger partial charge in [-0.1, -0.05) is 11.6 Å². The standard InChI is InChI=1S/C13H11ClF3NO4/c14-9-4-7(3-8(5-9)13(15,16)17)11(19)18-1-2-22-10(6-18)12(20)21/h3-5,10H,1-2,6H2,(H,20,21). The van der Waals surface area contributed by atoms with Gasteiger partial charge in [0.05, 0.1) is 18.7 Å². The normalized spacial score (nSPS) is 19.1. The average molecular weight is 338 g/mol. The van der Waals surface area contributed by atoms with E-state index >= 15 is 0 Å². The van der Waals surface area contributed by atoms with Crippen molar-refractivity contribution in [3.05, 3.63) is 34.3 Å². The lowest BCUT2D eigenvalue weighted by molar-refractivity contribution is -0.154. The van der Waals surface area contributed by atoms with Gasteiger partial charge in [-0.25, -0.2) is 4.79 Å². The number of amides is 1. The Morgan fingerprint density at radius 1 is 1.32 bits per heavy atom. The molecule has 9 heteroatoms. The van der Waals surface area contributed by atoms with Crippen LogP contribution in [-0.4, -0.2) is 47.7 Å². The summed E-state index contributed by atoms with van der Waals surface area (Å²) in [6.07, 6.45) is -5.83. The number of halogens is 4. The fraction of sp³-hybridized carbons (Fsp3) is 0.385. The molecule has 0 aromatic heterocycles. The van der Waals surface area contributed by atoms with E-state index < -0.39 is 29.7 Å². The van der Waals surface area contributed by atoms with E-state index in [-0.39, 0.29) is 30.3 Å². The van der Waals surface area contributed by atoms with E-state index in [1.807, 2.05) is 0 Å². The van der Waals surface area contributed by atoms with Crippen molar-refractivity contribution in [2.45, 2.75) is 12.3 Å². The fourth-order valence-electron chi connectivity index (χ4n) is 2.04. The number of hydrogen-bond donors (Lipinski definition) is 1. The first-order valence-electron chi connectivity index (χ1n) is 6.20. The van der Waals surface area contributed by atoms with Crippen molar-refractivity contribution in [1.82, 2.24) is 4.90 Å². The maximum atomic E-state index is 12.7. The van der Waals surface area contributed by atoms with Crippen molar-refractivity contribution >= 4 is 23.5 Å². The summed E-state index contributed by atoms with van der Waals surface area (Å²) in [5.74, 6) is -1.96. The third-order valence-corrected chi connectivity index (χ3v) is 3.32. The van der Waals surface area contributed by atoms with Crippen LogP contribution in [0.4, 0.5) is 13.2 Å². The number of nitrogens with zero attached hydrogens (tertiary/aromatic N) is 1. The molecule has 0 spiro atoms. The highest BCUT2D eigenvalue weighted by Gasteiger charge is 2.33. The predicted molar refractivity (Wildman–Crippen MR) is 69.7 cm³/mol. The van der Waals surface area contributed by atoms with E-state index in [0.29, 0.717) is 6.07 Å². The van der Waals surface area contributed by atoms with Crippen LogP contribution < -0.4 is 0 Å². The minimum Gasteiger partial charge on any atom is -0.479 e. The van der Waals surface area contributed by atoms with E-state index in [1.165, 1.54) is 0 Å². The number of rotatable bonds is 2. The third-order valence-electron chi connectivity index (χ3n) is 3.10. The number of hydrogen-bond acceptors (Lipinski definition) is 3. The zero-order chi connectivity index (χ0) is 16.5. The van der Waals surface area contributed by atoms with Crippen molar-refractivity contribution < 1.29 is 32.6 Å². The molecule has 1 saturated heterocycles. The lowest BCUT2D eigenvalue weighted by Gasteiger charge is -2.31. The molecule has 1 heterocycles. The summed E-state index contributed by atoms with van der Waals surface area (Å²) in [7, 11) is 0. The Kier molecular flexibility index (Phi) is 4.62. The molecule has 2 rings (SSSR count). The first-order valence-corrected chi connectivity index (χ1v) is 6.58. The van der Waals surface area contributed by atoms with Gasteiger partial charge in [0.2, 0.25) is 0 Å². The second kappa shape index (κ2) is 6.13. The molecule has 1 fully saturated rings. The highest BCUT2D eigenvalue weighted by Crippen LogP contribution is 2.32. The van der Waals surface area contributed by atoms with E-state index in [9.17, 15) is 22.8 Å². The molecule has 1 aromatic rings. The Morgan fingerprint density at radius 3 is 2.59 bits per heavy atom. The molecular weight excluding hydrogens is 327 g/mol. The van der Waals surface area contributed by atoms with Crippen LogP contribution in [0.5, 0.6) is 0 Å². The van der Waals surface area contributed by atoms with Gasteiger partial charge in [0, 0.05) is 17.1 Å². The van der Waals surface area contributed by atoms with Crippen molar-refractivity contribution in [1.29, 1.82) is 0 Å². The van der Waals surface area contributed by atoms with Gasteiger partial charge in [-0.05, 0) is 18.2 Å². The first-order chi connectivity index (χ1) is 10.2. The lowest BCUT2D eigenvalue weighted by atomic mass is 10.1. The van der Waals surface area contributed by atoms with Gasteiger partial charge in [-0.3, -0.25) is 4.79 Å². The van der Waals surface area contributed by atoms with Gasteiger partial charge >= 0.3 is 12.1 Å². The maximum Gasteiger partial charge on any atom is 0.416 e. The molecule has 1 atom stereocenters. The molecule has 0 radical (unpaired) electrons. The Labute approximate surface area is 128 Å². The van der Waals surface area contributed by atoms with Gasteiger partial charge in [0.15, 0.2) is 6.10 Å². The zero-order valence-corrected chi connectivity index (χ0v) is 11.8. The summed E-state index contributed by atoms with van der Waals surface area (Å²) in [6, 6.07) is 2.53. The average Bonchev–Trinajstić information content (AvgIpc) is 2.45.